The first kappa shape index (κ1) is 72.1. The maximum Gasteiger partial charge on any atom is 0.343 e. The first-order valence-electron chi connectivity index (χ1n) is 33.7. The van der Waals surface area contributed by atoms with E-state index in [4.69, 9.17) is 37.9 Å². The van der Waals surface area contributed by atoms with Gasteiger partial charge >= 0.3 is 47.8 Å². The number of benzene rings is 9. The van der Waals surface area contributed by atoms with Crippen molar-refractivity contribution in [2.75, 3.05) is 26.4 Å². The highest BCUT2D eigenvalue weighted by Gasteiger charge is 2.32. The van der Waals surface area contributed by atoms with Gasteiger partial charge in [0.2, 0.25) is 0 Å². The smallest absolute Gasteiger partial charge is 0.343 e. The molecule has 0 N–H and O–H groups in total. The quantitative estimate of drug-likeness (QED) is 0.0111. The van der Waals surface area contributed by atoms with E-state index in [1.807, 2.05) is 97.1 Å². The van der Waals surface area contributed by atoms with Crippen LogP contribution in [0.1, 0.15) is 135 Å². The van der Waals surface area contributed by atoms with Crippen LogP contribution in [0.15, 0.2) is 245 Å². The summed E-state index contributed by atoms with van der Waals surface area (Å²) in [6.07, 6.45) is 9.35. The molecule has 0 heterocycles. The summed E-state index contributed by atoms with van der Waals surface area (Å²) in [7, 11) is 0. The van der Waals surface area contributed by atoms with Gasteiger partial charge in [-0.3, -0.25) is 0 Å². The minimum absolute atomic E-state index is 0.237. The zero-order valence-corrected chi connectivity index (χ0v) is 56.8. The molecule has 9 aromatic rings. The Morgan fingerprint density at radius 3 is 0.731 bits per heavy atom. The second-order valence-electron chi connectivity index (χ2n) is 24.2. The third-order valence-electron chi connectivity index (χ3n) is 17.2. The van der Waals surface area contributed by atoms with Gasteiger partial charge in [-0.05, 0) is 239 Å². The lowest BCUT2D eigenvalue weighted by Crippen LogP contribution is -2.09. The molecular weight excluding hydrogens is 1310 g/mol. The first-order chi connectivity index (χ1) is 50.6. The van der Waals surface area contributed by atoms with Crippen molar-refractivity contribution in [3.05, 3.63) is 323 Å². The van der Waals surface area contributed by atoms with Crippen LogP contribution in [0, 0.1) is 23.7 Å². The summed E-state index contributed by atoms with van der Waals surface area (Å²) in [5.74, 6) is 9.50. The Hall–Kier alpha value is -13.2. The molecule has 2 aliphatic carbocycles. The zero-order chi connectivity index (χ0) is 72.9. The molecular formula is C88H70O16. The molecule has 0 aliphatic heterocycles. The van der Waals surface area contributed by atoms with Gasteiger partial charge in [-0.2, -0.15) is 0 Å². The number of rotatable bonds is 28. The van der Waals surface area contributed by atoms with Crippen molar-refractivity contribution in [1.29, 1.82) is 0 Å². The molecule has 0 bridgehead atoms. The van der Waals surface area contributed by atoms with E-state index in [1.165, 1.54) is 0 Å². The fraction of sp³-hybridized carbons (Fsp3) is 0.159. The average molecular weight is 1380 g/mol. The monoisotopic (exact) mass is 1380 g/mol. The molecule has 104 heavy (non-hydrogen) atoms. The number of ether oxygens (including phenoxy) is 8. The van der Waals surface area contributed by atoms with Gasteiger partial charge < -0.3 is 37.9 Å². The molecule has 0 aromatic heterocycles. The van der Waals surface area contributed by atoms with Crippen LogP contribution in [0.3, 0.4) is 0 Å². The maximum absolute atomic E-state index is 13.7. The molecule has 9 aromatic carbocycles. The second-order valence-corrected chi connectivity index (χ2v) is 24.2. The van der Waals surface area contributed by atoms with Crippen molar-refractivity contribution in [3.8, 4) is 68.9 Å². The minimum Gasteiger partial charge on any atom is -0.463 e. The van der Waals surface area contributed by atoms with Crippen LogP contribution in [-0.2, 0) is 63.8 Å². The van der Waals surface area contributed by atoms with Gasteiger partial charge in [0.1, 0.15) is 23.0 Å². The van der Waals surface area contributed by atoms with Gasteiger partial charge in [-0.25, -0.2) is 38.4 Å². The van der Waals surface area contributed by atoms with Crippen molar-refractivity contribution in [3.63, 3.8) is 0 Å². The average Bonchev–Trinajstić information content (AvgIpc) is 1.61. The Balaban J connectivity index is 0.843. The molecule has 0 saturated heterocycles. The zero-order valence-electron chi connectivity index (χ0n) is 56.8. The van der Waals surface area contributed by atoms with E-state index in [0.717, 1.165) is 91.1 Å². The molecule has 0 spiro atoms. The van der Waals surface area contributed by atoms with Gasteiger partial charge in [0.25, 0.3) is 0 Å². The summed E-state index contributed by atoms with van der Waals surface area (Å²) in [6, 6.07) is 57.2. The Kier molecular flexibility index (Phi) is 24.1. The van der Waals surface area contributed by atoms with E-state index in [-0.39, 0.29) is 26.4 Å². The molecule has 0 radical (unpaired) electrons. The van der Waals surface area contributed by atoms with E-state index in [0.29, 0.717) is 108 Å². The number of carbonyl (C=O) groups is 8. The Morgan fingerprint density at radius 1 is 0.298 bits per heavy atom. The number of esters is 8. The summed E-state index contributed by atoms with van der Waals surface area (Å²) in [5, 5.41) is 0. The third kappa shape index (κ3) is 18.8. The lowest BCUT2D eigenvalue weighted by molar-refractivity contribution is -0.138. The highest BCUT2D eigenvalue weighted by atomic mass is 16.6. The first-order valence-corrected chi connectivity index (χ1v) is 33.7. The molecule has 16 heteroatoms. The number of hydrogen-bond donors (Lipinski definition) is 0. The standard InChI is InChI=1S/C88H70O16/c1-5-81(89)97-49-9-13-57-21-31-63(32-22-57)85(93)101-67-39-45-71-72-46-40-68(102-86(94)64-33-23-58(24-34-64)14-10-50-98-82(90)6-2)54-78(72)75(77(71)53-67)43-29-61-17-19-62(20-18-61)30-44-76-79-55-69(103-87(95)65-35-25-59(26-36-65)15-11-51-99-83(91)7-3)41-47-73(79)74-48-42-70(56-80(74)76)104-88(96)66-37-27-60(28-38-66)16-12-52-100-84(92)8-4/h5-8,17-28,31-42,45-48,53-56,75-76H,1-4,9-16,49-52H2. The molecule has 11 rings (SSSR count). The van der Waals surface area contributed by atoms with Crippen LogP contribution in [-0.4, -0.2) is 74.2 Å². The van der Waals surface area contributed by atoms with E-state index in [9.17, 15) is 38.4 Å². The summed E-state index contributed by atoms with van der Waals surface area (Å²) in [4.78, 5) is 101. The van der Waals surface area contributed by atoms with Crippen LogP contribution in [0.2, 0.25) is 0 Å². The van der Waals surface area contributed by atoms with Gasteiger partial charge in [0, 0.05) is 35.4 Å². The SMILES string of the molecule is C=CC(=O)OCCCc1ccc(C(=O)Oc2ccc3c(c2)C(C#Cc2ccc(C#CC4c5cc(OC(=O)c6ccc(CCCOC(=O)C=C)cc6)ccc5-c5ccc(OC(=O)c6ccc(CCCOC(=O)C=C)cc6)cc54)cc2)c2cc(OC(=O)c4ccc(CCCOC(=O)C=C)cc4)ccc2-3)cc1. The van der Waals surface area contributed by atoms with Crippen molar-refractivity contribution in [2.24, 2.45) is 0 Å². The predicted molar refractivity (Wildman–Crippen MR) is 391 cm³/mol. The van der Waals surface area contributed by atoms with Crippen molar-refractivity contribution in [1.82, 2.24) is 0 Å². The minimum atomic E-state index is -0.583. The molecule has 2 aliphatic rings. The number of hydrogen-bond acceptors (Lipinski definition) is 16. The van der Waals surface area contributed by atoms with Crippen LogP contribution >= 0.6 is 0 Å². The molecule has 0 unspecified atom stereocenters. The van der Waals surface area contributed by atoms with Gasteiger partial charge in [0.15, 0.2) is 0 Å². The number of carbonyl (C=O) groups excluding carboxylic acids is 8. The van der Waals surface area contributed by atoms with E-state index < -0.39 is 59.6 Å². The second kappa shape index (κ2) is 34.7. The summed E-state index contributed by atoms with van der Waals surface area (Å²) in [5.41, 5.74) is 12.9. The normalized spacial score (nSPS) is 11.4. The van der Waals surface area contributed by atoms with Crippen molar-refractivity contribution >= 4 is 47.8 Å². The summed E-state index contributed by atoms with van der Waals surface area (Å²) in [6.45, 7) is 14.6. The van der Waals surface area contributed by atoms with Gasteiger partial charge in [-0.1, -0.05) is 123 Å². The molecule has 0 saturated carbocycles. The third-order valence-corrected chi connectivity index (χ3v) is 17.2. The highest BCUT2D eigenvalue weighted by molar-refractivity contribution is 5.95. The van der Waals surface area contributed by atoms with E-state index in [2.05, 4.69) is 50.0 Å². The maximum atomic E-state index is 13.7. The van der Waals surface area contributed by atoms with E-state index >= 15 is 0 Å². The fourth-order valence-corrected chi connectivity index (χ4v) is 11.9. The van der Waals surface area contributed by atoms with Crippen LogP contribution in [0.4, 0.5) is 0 Å². The predicted octanol–water partition coefficient (Wildman–Crippen LogP) is 15.5. The topological polar surface area (TPSA) is 210 Å². The van der Waals surface area contributed by atoms with Crippen LogP contribution < -0.4 is 18.9 Å². The van der Waals surface area contributed by atoms with Gasteiger partial charge in [-0.15, -0.1) is 0 Å². The van der Waals surface area contributed by atoms with Crippen molar-refractivity contribution < 1.29 is 76.3 Å². The molecule has 518 valence electrons. The Labute approximate surface area is 602 Å². The molecule has 16 nitrogen and oxygen atoms in total. The fourth-order valence-electron chi connectivity index (χ4n) is 11.9. The van der Waals surface area contributed by atoms with Crippen LogP contribution in [0.5, 0.6) is 23.0 Å². The van der Waals surface area contributed by atoms with Crippen molar-refractivity contribution in [2.45, 2.75) is 63.2 Å². The molecule has 0 atom stereocenters. The van der Waals surface area contributed by atoms with Gasteiger partial charge in [0.05, 0.1) is 60.5 Å². The summed E-state index contributed by atoms with van der Waals surface area (Å²) < 4.78 is 44.4. The Bertz CT molecular complexity index is 4340. The molecule has 0 amide bonds. The lowest BCUT2D eigenvalue weighted by atomic mass is 9.96. The van der Waals surface area contributed by atoms with Crippen LogP contribution in [0.25, 0.3) is 22.3 Å². The number of fused-ring (bicyclic) bond motifs is 6. The van der Waals surface area contributed by atoms with E-state index in [1.54, 1.807) is 97.1 Å². The lowest BCUT2D eigenvalue weighted by Gasteiger charge is -2.11. The largest absolute Gasteiger partial charge is 0.463 e. The number of aryl methyl sites for hydroxylation is 4. The molecule has 0 fully saturated rings. The highest BCUT2D eigenvalue weighted by Crippen LogP contribution is 2.49. The summed E-state index contributed by atoms with van der Waals surface area (Å²) >= 11 is 0. The Morgan fingerprint density at radius 2 is 0.519 bits per heavy atom.